The average Bonchev–Trinajstić information content (AvgIpc) is 3.43. The van der Waals surface area contributed by atoms with Gasteiger partial charge in [0.25, 0.3) is 5.91 Å². The fraction of sp³-hybridized carbons (Fsp3) is 0.400. The highest BCUT2D eigenvalue weighted by Crippen LogP contribution is 2.46. The molecule has 1 N–H and O–H groups in total. The summed E-state index contributed by atoms with van der Waals surface area (Å²) in [5.41, 5.74) is 1.09. The van der Waals surface area contributed by atoms with Gasteiger partial charge in [0.15, 0.2) is 6.61 Å². The molecule has 1 aliphatic carbocycles. The van der Waals surface area contributed by atoms with Gasteiger partial charge >= 0.3 is 6.18 Å². The molecule has 0 atom stereocenters. The topological polar surface area (TPSA) is 81.2 Å². The number of aromatic nitrogens is 2. The Bertz CT molecular complexity index is 962. The van der Waals surface area contributed by atoms with Gasteiger partial charge in [-0.3, -0.25) is 14.6 Å². The molecule has 2 aromatic heterocycles. The quantitative estimate of drug-likeness (QED) is 0.671. The zero-order chi connectivity index (χ0) is 21.9. The summed E-state index contributed by atoms with van der Waals surface area (Å²) in [4.78, 5) is 32.5. The van der Waals surface area contributed by atoms with Gasteiger partial charge in [-0.25, -0.2) is 4.98 Å². The first kappa shape index (κ1) is 22.0. The van der Waals surface area contributed by atoms with E-state index < -0.39 is 18.7 Å². The first-order chi connectivity index (χ1) is 14.1. The molecule has 30 heavy (non-hydrogen) atoms. The van der Waals surface area contributed by atoms with Crippen LogP contribution in [-0.2, 0) is 17.8 Å². The lowest BCUT2D eigenvalue weighted by atomic mass is 9.99. The number of rotatable bonds is 8. The largest absolute Gasteiger partial charge is 0.467 e. The van der Waals surface area contributed by atoms with Crippen molar-refractivity contribution in [1.29, 1.82) is 0 Å². The second-order valence-electron chi connectivity index (χ2n) is 7.41. The van der Waals surface area contributed by atoms with Gasteiger partial charge in [0.05, 0.1) is 0 Å². The summed E-state index contributed by atoms with van der Waals surface area (Å²) in [7, 11) is 0. The monoisotopic (exact) mass is 441 g/mol. The van der Waals surface area contributed by atoms with E-state index in [0.29, 0.717) is 16.8 Å². The van der Waals surface area contributed by atoms with Gasteiger partial charge in [-0.15, -0.1) is 0 Å². The van der Waals surface area contributed by atoms with Gasteiger partial charge in [0, 0.05) is 42.0 Å². The molecule has 0 saturated heterocycles. The predicted octanol–water partition coefficient (Wildman–Crippen LogP) is 3.91. The number of Topliss-reactive ketones (excluding diaryl/α,β-unsaturated/α-hetero) is 1. The van der Waals surface area contributed by atoms with Crippen LogP contribution in [0.15, 0.2) is 30.6 Å². The Morgan fingerprint density at radius 1 is 1.27 bits per heavy atom. The number of halogens is 4. The summed E-state index contributed by atoms with van der Waals surface area (Å²) in [5, 5.41) is 2.58. The molecular weight excluding hydrogens is 423 g/mol. The molecule has 2 aromatic rings. The molecule has 1 aliphatic rings. The number of ether oxygens (including phenoxy) is 1. The smallest absolute Gasteiger partial charge is 0.422 e. The molecule has 6 nitrogen and oxygen atoms in total. The minimum atomic E-state index is -4.50. The van der Waals surface area contributed by atoms with Crippen molar-refractivity contribution < 1.29 is 27.5 Å². The Morgan fingerprint density at radius 3 is 2.63 bits per heavy atom. The molecule has 1 amide bonds. The van der Waals surface area contributed by atoms with Crippen molar-refractivity contribution in [2.24, 2.45) is 5.41 Å². The first-order valence-electron chi connectivity index (χ1n) is 9.16. The second-order valence-corrected chi connectivity index (χ2v) is 7.82. The van der Waals surface area contributed by atoms with Gasteiger partial charge in [-0.05, 0) is 36.6 Å². The van der Waals surface area contributed by atoms with E-state index in [1.807, 2.05) is 6.92 Å². The molecule has 1 saturated carbocycles. The first-order valence-corrected chi connectivity index (χ1v) is 9.54. The van der Waals surface area contributed by atoms with Gasteiger partial charge in [0.1, 0.15) is 10.8 Å². The number of carbonyl (C=O) groups is 2. The minimum Gasteiger partial charge on any atom is -0.467 e. The minimum absolute atomic E-state index is 0.0553. The van der Waals surface area contributed by atoms with Crippen LogP contribution in [0.2, 0.25) is 5.02 Å². The standard InChI is InChI=1S/C20H19ClF3N3O3/c1-19(3-4-19)16(28)8-14-7-13(2-5-25-14)17(29)26-9-12-6-15(21)18(27-10-12)30-11-20(22,23)24/h2,5-7,10H,3-4,8-9,11H2,1H3,(H,26,29). The fourth-order valence-corrected chi connectivity index (χ4v) is 2.91. The van der Waals surface area contributed by atoms with Gasteiger partial charge < -0.3 is 10.1 Å². The molecule has 0 bridgehead atoms. The van der Waals surface area contributed by atoms with Crippen LogP contribution in [0.1, 0.15) is 41.4 Å². The lowest BCUT2D eigenvalue weighted by Crippen LogP contribution is -2.23. The molecule has 0 unspecified atom stereocenters. The summed E-state index contributed by atoms with van der Waals surface area (Å²) in [5.74, 6) is -0.616. The van der Waals surface area contributed by atoms with Gasteiger partial charge in [-0.2, -0.15) is 13.2 Å². The van der Waals surface area contributed by atoms with Crippen LogP contribution in [0.25, 0.3) is 0 Å². The highest BCUT2D eigenvalue weighted by atomic mass is 35.5. The summed E-state index contributed by atoms with van der Waals surface area (Å²) in [6, 6.07) is 4.47. The van der Waals surface area contributed by atoms with E-state index >= 15 is 0 Å². The highest BCUT2D eigenvalue weighted by molar-refractivity contribution is 6.31. The van der Waals surface area contributed by atoms with E-state index in [1.165, 1.54) is 24.5 Å². The number of ketones is 1. The van der Waals surface area contributed by atoms with E-state index in [4.69, 9.17) is 11.6 Å². The van der Waals surface area contributed by atoms with Crippen molar-refractivity contribution in [2.45, 2.75) is 38.9 Å². The Balaban J connectivity index is 1.57. The normalized spacial score (nSPS) is 14.8. The van der Waals surface area contributed by atoms with Crippen LogP contribution in [-0.4, -0.2) is 34.4 Å². The number of hydrogen-bond acceptors (Lipinski definition) is 5. The van der Waals surface area contributed by atoms with E-state index in [0.717, 1.165) is 12.8 Å². The molecular formula is C20H19ClF3N3O3. The zero-order valence-corrected chi connectivity index (χ0v) is 16.8. The summed E-state index contributed by atoms with van der Waals surface area (Å²) < 4.78 is 41.2. The van der Waals surface area contributed by atoms with Crippen LogP contribution in [0.5, 0.6) is 5.88 Å². The fourth-order valence-electron chi connectivity index (χ4n) is 2.66. The van der Waals surface area contributed by atoms with Gasteiger partial charge in [-0.1, -0.05) is 18.5 Å². The van der Waals surface area contributed by atoms with E-state index in [-0.39, 0.29) is 35.1 Å². The summed E-state index contributed by atoms with van der Waals surface area (Å²) >= 11 is 5.89. The maximum absolute atomic E-state index is 12.4. The van der Waals surface area contributed by atoms with Crippen LogP contribution >= 0.6 is 11.6 Å². The van der Waals surface area contributed by atoms with E-state index in [9.17, 15) is 22.8 Å². The van der Waals surface area contributed by atoms with Crippen LogP contribution in [0.4, 0.5) is 13.2 Å². The molecule has 10 heteroatoms. The third kappa shape index (κ3) is 5.91. The number of carbonyl (C=O) groups excluding carboxylic acids is 2. The van der Waals surface area contributed by atoms with Crippen molar-refractivity contribution in [1.82, 2.24) is 15.3 Å². The summed E-state index contributed by atoms with van der Waals surface area (Å²) in [6.07, 6.45) is 0.173. The third-order valence-electron chi connectivity index (χ3n) is 4.78. The molecule has 0 aromatic carbocycles. The third-order valence-corrected chi connectivity index (χ3v) is 5.05. The SMILES string of the molecule is CC1(C(=O)Cc2cc(C(=O)NCc3cnc(OCC(F)(F)F)c(Cl)c3)ccn2)CC1. The molecule has 160 valence electrons. The van der Waals surface area contributed by atoms with Gasteiger partial charge in [0.2, 0.25) is 5.88 Å². The van der Waals surface area contributed by atoms with Crippen molar-refractivity contribution >= 4 is 23.3 Å². The average molecular weight is 442 g/mol. The Kier molecular flexibility index (Phi) is 6.30. The second kappa shape index (κ2) is 8.59. The lowest BCUT2D eigenvalue weighted by molar-refractivity contribution is -0.154. The number of nitrogens with one attached hydrogen (secondary N) is 1. The number of alkyl halides is 3. The number of hydrogen-bond donors (Lipinski definition) is 1. The number of nitrogens with zero attached hydrogens (tertiary/aromatic N) is 2. The lowest BCUT2D eigenvalue weighted by Gasteiger charge is -2.11. The molecule has 1 fully saturated rings. The summed E-state index contributed by atoms with van der Waals surface area (Å²) in [6.45, 7) is 0.478. The van der Waals surface area contributed by atoms with Crippen LogP contribution in [0.3, 0.4) is 0 Å². The van der Waals surface area contributed by atoms with Crippen molar-refractivity contribution in [3.63, 3.8) is 0 Å². The highest BCUT2D eigenvalue weighted by Gasteiger charge is 2.44. The molecule has 0 spiro atoms. The number of amides is 1. The van der Waals surface area contributed by atoms with Crippen molar-refractivity contribution in [3.05, 3.63) is 52.4 Å². The zero-order valence-electron chi connectivity index (χ0n) is 16.1. The maximum Gasteiger partial charge on any atom is 0.422 e. The maximum atomic E-state index is 12.4. The van der Waals surface area contributed by atoms with Crippen molar-refractivity contribution in [3.8, 4) is 5.88 Å². The molecule has 0 radical (unpaired) electrons. The number of pyridine rings is 2. The van der Waals surface area contributed by atoms with Crippen LogP contribution < -0.4 is 10.1 Å². The Morgan fingerprint density at radius 2 is 2.00 bits per heavy atom. The molecule has 0 aliphatic heterocycles. The molecule has 3 rings (SSSR count). The Hall–Kier alpha value is -2.68. The predicted molar refractivity (Wildman–Crippen MR) is 102 cm³/mol. The van der Waals surface area contributed by atoms with Crippen LogP contribution in [0, 0.1) is 5.41 Å². The Labute approximate surface area is 175 Å². The van der Waals surface area contributed by atoms with Crippen molar-refractivity contribution in [2.75, 3.05) is 6.61 Å². The molecule has 2 heterocycles. The van der Waals surface area contributed by atoms with E-state index in [1.54, 1.807) is 6.07 Å². The van der Waals surface area contributed by atoms with E-state index in [2.05, 4.69) is 20.0 Å².